The van der Waals surface area contributed by atoms with Crippen LogP contribution in [0.4, 0.5) is 11.5 Å². The van der Waals surface area contributed by atoms with Crippen LogP contribution in [0, 0.1) is 6.92 Å². The van der Waals surface area contributed by atoms with Gasteiger partial charge in [0.15, 0.2) is 0 Å². The minimum absolute atomic E-state index is 0.725. The molecule has 1 saturated heterocycles. The molecule has 1 aliphatic rings. The van der Waals surface area contributed by atoms with Crippen molar-refractivity contribution >= 4 is 22.8 Å². The van der Waals surface area contributed by atoms with Crippen LogP contribution in [-0.2, 0) is 11.3 Å². The number of anilines is 2. The van der Waals surface area contributed by atoms with E-state index in [0.29, 0.717) is 0 Å². The average Bonchev–Trinajstić information content (AvgIpc) is 2.92. The topological polar surface area (TPSA) is 50.3 Å². The third-order valence-electron chi connectivity index (χ3n) is 3.21. The van der Waals surface area contributed by atoms with Crippen LogP contribution in [0.25, 0.3) is 0 Å². The maximum atomic E-state index is 5.35. The molecule has 0 saturated carbocycles. The zero-order valence-electron chi connectivity index (χ0n) is 11.5. The summed E-state index contributed by atoms with van der Waals surface area (Å²) in [6.07, 6.45) is 1.92. The second kappa shape index (κ2) is 6.19. The number of morpholine rings is 1. The van der Waals surface area contributed by atoms with Crippen LogP contribution in [0.5, 0.6) is 0 Å². The van der Waals surface area contributed by atoms with Crippen molar-refractivity contribution in [1.29, 1.82) is 0 Å². The molecule has 0 bridgehead atoms. The van der Waals surface area contributed by atoms with E-state index >= 15 is 0 Å². The van der Waals surface area contributed by atoms with Crippen molar-refractivity contribution in [3.8, 4) is 0 Å². The largest absolute Gasteiger partial charge is 0.378 e. The molecule has 1 N–H and O–H groups in total. The molecule has 106 valence electrons. The minimum Gasteiger partial charge on any atom is -0.378 e. The van der Waals surface area contributed by atoms with Gasteiger partial charge in [0.05, 0.1) is 31.6 Å². The molecule has 0 radical (unpaired) electrons. The van der Waals surface area contributed by atoms with E-state index in [-0.39, 0.29) is 0 Å². The minimum atomic E-state index is 0.725. The number of aryl methyl sites for hydroxylation is 1. The molecule has 0 amide bonds. The molecule has 2 aromatic heterocycles. The molecule has 0 unspecified atom stereocenters. The average molecular weight is 290 g/mol. The van der Waals surface area contributed by atoms with Crippen molar-refractivity contribution < 1.29 is 4.74 Å². The van der Waals surface area contributed by atoms with E-state index in [4.69, 9.17) is 4.74 Å². The number of nitrogens with one attached hydrogen (secondary N) is 1. The molecule has 3 heterocycles. The lowest BCUT2D eigenvalue weighted by molar-refractivity contribution is 0.122. The van der Waals surface area contributed by atoms with Gasteiger partial charge in [-0.1, -0.05) is 0 Å². The number of hydrogen-bond acceptors (Lipinski definition) is 6. The van der Waals surface area contributed by atoms with E-state index in [1.807, 2.05) is 19.2 Å². The predicted molar refractivity (Wildman–Crippen MR) is 81.4 cm³/mol. The predicted octanol–water partition coefficient (Wildman–Crippen LogP) is 2.30. The summed E-state index contributed by atoms with van der Waals surface area (Å²) < 4.78 is 5.35. The summed E-state index contributed by atoms with van der Waals surface area (Å²) in [6, 6.07) is 4.12. The van der Waals surface area contributed by atoms with Crippen LogP contribution in [0.15, 0.2) is 23.7 Å². The van der Waals surface area contributed by atoms with E-state index in [2.05, 4.69) is 31.6 Å². The fraction of sp³-hybridized carbons (Fsp3) is 0.429. The zero-order chi connectivity index (χ0) is 13.8. The lowest BCUT2D eigenvalue weighted by Crippen LogP contribution is -2.36. The van der Waals surface area contributed by atoms with E-state index in [1.54, 1.807) is 11.3 Å². The molecule has 3 rings (SSSR count). The number of rotatable bonds is 4. The maximum Gasteiger partial charge on any atom is 0.126 e. The van der Waals surface area contributed by atoms with Crippen molar-refractivity contribution in [1.82, 2.24) is 9.97 Å². The maximum absolute atomic E-state index is 5.35. The van der Waals surface area contributed by atoms with Gasteiger partial charge in [0.25, 0.3) is 0 Å². The van der Waals surface area contributed by atoms with Gasteiger partial charge in [-0.25, -0.2) is 9.97 Å². The van der Waals surface area contributed by atoms with Crippen molar-refractivity contribution in [2.24, 2.45) is 0 Å². The van der Waals surface area contributed by atoms with Gasteiger partial charge in [-0.15, -0.1) is 11.3 Å². The molecule has 1 aliphatic heterocycles. The third-order valence-corrected chi connectivity index (χ3v) is 4.18. The van der Waals surface area contributed by atoms with Gasteiger partial charge in [-0.3, -0.25) is 0 Å². The summed E-state index contributed by atoms with van der Waals surface area (Å²) in [5.41, 5.74) is 2.23. The first kappa shape index (κ1) is 13.3. The van der Waals surface area contributed by atoms with Crippen LogP contribution >= 0.6 is 11.3 Å². The highest BCUT2D eigenvalue weighted by molar-refractivity contribution is 7.09. The van der Waals surface area contributed by atoms with E-state index < -0.39 is 0 Å². The Bertz CT molecular complexity index is 549. The summed E-state index contributed by atoms with van der Waals surface area (Å²) in [5, 5.41) is 6.44. The van der Waals surface area contributed by atoms with Crippen LogP contribution < -0.4 is 10.2 Å². The molecule has 2 aromatic rings. The number of pyridine rings is 1. The fourth-order valence-corrected chi connectivity index (χ4v) is 2.86. The van der Waals surface area contributed by atoms with Gasteiger partial charge in [0.2, 0.25) is 0 Å². The Balaban J connectivity index is 1.58. The summed E-state index contributed by atoms with van der Waals surface area (Å²) in [4.78, 5) is 11.2. The molecule has 0 atom stereocenters. The molecule has 20 heavy (non-hydrogen) atoms. The highest BCUT2D eigenvalue weighted by atomic mass is 32.1. The number of thiazole rings is 1. The van der Waals surface area contributed by atoms with E-state index in [0.717, 1.165) is 55.1 Å². The normalized spacial score (nSPS) is 15.3. The van der Waals surface area contributed by atoms with Gasteiger partial charge in [0.1, 0.15) is 10.8 Å². The quantitative estimate of drug-likeness (QED) is 0.936. The summed E-state index contributed by atoms with van der Waals surface area (Å²) in [7, 11) is 0. The Morgan fingerprint density at radius 3 is 2.85 bits per heavy atom. The lowest BCUT2D eigenvalue weighted by atomic mass is 10.3. The van der Waals surface area contributed by atoms with E-state index in [1.165, 1.54) is 0 Å². The smallest absolute Gasteiger partial charge is 0.126 e. The third kappa shape index (κ3) is 3.26. The Morgan fingerprint density at radius 2 is 2.20 bits per heavy atom. The van der Waals surface area contributed by atoms with Crippen LogP contribution in [0.2, 0.25) is 0 Å². The highest BCUT2D eigenvalue weighted by Crippen LogP contribution is 2.17. The lowest BCUT2D eigenvalue weighted by Gasteiger charge is -2.28. The van der Waals surface area contributed by atoms with Gasteiger partial charge in [-0.2, -0.15) is 0 Å². The Kier molecular flexibility index (Phi) is 4.13. The van der Waals surface area contributed by atoms with Crippen molar-refractivity contribution in [3.63, 3.8) is 0 Å². The van der Waals surface area contributed by atoms with E-state index in [9.17, 15) is 0 Å². The molecule has 0 aliphatic carbocycles. The van der Waals surface area contributed by atoms with Gasteiger partial charge < -0.3 is 15.0 Å². The number of nitrogens with zero attached hydrogens (tertiary/aromatic N) is 3. The summed E-state index contributed by atoms with van der Waals surface area (Å²) >= 11 is 1.67. The molecule has 1 fully saturated rings. The first-order chi connectivity index (χ1) is 9.81. The molecular weight excluding hydrogens is 272 g/mol. The zero-order valence-corrected chi connectivity index (χ0v) is 12.3. The first-order valence-electron chi connectivity index (χ1n) is 6.75. The van der Waals surface area contributed by atoms with Crippen LogP contribution in [-0.4, -0.2) is 36.3 Å². The van der Waals surface area contributed by atoms with Gasteiger partial charge in [-0.05, 0) is 19.1 Å². The Labute approximate surface area is 122 Å². The molecule has 0 aromatic carbocycles. The molecule has 0 spiro atoms. The monoisotopic (exact) mass is 290 g/mol. The van der Waals surface area contributed by atoms with Crippen LogP contribution in [0.3, 0.4) is 0 Å². The first-order valence-corrected chi connectivity index (χ1v) is 7.63. The number of ether oxygens (including phenoxy) is 1. The van der Waals surface area contributed by atoms with Gasteiger partial charge in [0, 0.05) is 24.2 Å². The molecule has 5 nitrogen and oxygen atoms in total. The van der Waals surface area contributed by atoms with Crippen molar-refractivity contribution in [2.75, 3.05) is 36.5 Å². The standard InChI is InChI=1S/C14H18N4OS/c1-11-10-20-14(17-11)9-16-13-3-2-12(8-15-13)18-4-6-19-7-5-18/h2-3,8,10H,4-7,9H2,1H3,(H,15,16). The molecular formula is C14H18N4OS. The number of aromatic nitrogens is 2. The van der Waals surface area contributed by atoms with Crippen LogP contribution in [0.1, 0.15) is 10.7 Å². The van der Waals surface area contributed by atoms with Crippen molar-refractivity contribution in [3.05, 3.63) is 34.4 Å². The summed E-state index contributed by atoms with van der Waals surface area (Å²) in [6.45, 7) is 6.20. The van der Waals surface area contributed by atoms with Crippen molar-refractivity contribution in [2.45, 2.75) is 13.5 Å². The second-order valence-corrected chi connectivity index (χ2v) is 5.68. The van der Waals surface area contributed by atoms with Gasteiger partial charge >= 0.3 is 0 Å². The highest BCUT2D eigenvalue weighted by Gasteiger charge is 2.11. The molecule has 6 heteroatoms. The SMILES string of the molecule is Cc1csc(CNc2ccc(N3CCOCC3)cn2)n1. The Morgan fingerprint density at radius 1 is 1.35 bits per heavy atom. The fourth-order valence-electron chi connectivity index (χ4n) is 2.15. The number of hydrogen-bond donors (Lipinski definition) is 1. The summed E-state index contributed by atoms with van der Waals surface area (Å²) in [5.74, 6) is 0.884. The second-order valence-electron chi connectivity index (χ2n) is 4.74. The Hall–Kier alpha value is -1.66.